The van der Waals surface area contributed by atoms with Gasteiger partial charge in [-0.15, -0.1) is 5.10 Å². The number of nitrogens with zero attached hydrogens (tertiary/aromatic N) is 5. The number of aryl methyl sites for hydroxylation is 1. The van der Waals surface area contributed by atoms with Gasteiger partial charge in [-0.05, 0) is 79.1 Å². The molecule has 1 saturated heterocycles. The van der Waals surface area contributed by atoms with Crippen LogP contribution in [0.1, 0.15) is 35.7 Å². The maximum Gasteiger partial charge on any atom is 0.251 e. The summed E-state index contributed by atoms with van der Waals surface area (Å²) in [4.78, 5) is 15.2. The Morgan fingerprint density at radius 1 is 1.31 bits per heavy atom. The Morgan fingerprint density at radius 2 is 2.16 bits per heavy atom. The monoisotopic (exact) mass is 456 g/mol. The van der Waals surface area contributed by atoms with Crippen LogP contribution in [0.15, 0.2) is 42.7 Å². The van der Waals surface area contributed by atoms with Gasteiger partial charge in [0.25, 0.3) is 5.91 Å². The number of nitrogens with one attached hydrogen (secondary N) is 1. The second kappa shape index (κ2) is 9.75. The standard InChI is InChI=1S/C23H26ClFN6O/c1-15-5-6-21(22(24)8-15)17-9-18(11-20(10-17)31-14-26-28-29-31)23(32)27-16(2)12-30-7-3-4-19(25)13-30/h5-6,8-11,14,16,19H,3-4,7,12-13H2,1-2H3,(H,27,32). The van der Waals surface area contributed by atoms with Gasteiger partial charge in [0.1, 0.15) is 12.5 Å². The molecule has 1 aromatic heterocycles. The number of halogens is 2. The van der Waals surface area contributed by atoms with Crippen molar-refractivity contribution in [1.82, 2.24) is 30.4 Å². The van der Waals surface area contributed by atoms with Gasteiger partial charge in [-0.25, -0.2) is 9.07 Å². The summed E-state index contributed by atoms with van der Waals surface area (Å²) in [5.74, 6) is -0.217. The van der Waals surface area contributed by atoms with E-state index in [-0.39, 0.29) is 11.9 Å². The van der Waals surface area contributed by atoms with E-state index in [2.05, 4.69) is 25.7 Å². The van der Waals surface area contributed by atoms with Gasteiger partial charge in [0.2, 0.25) is 0 Å². The summed E-state index contributed by atoms with van der Waals surface area (Å²) in [6.07, 6.45) is 2.15. The molecule has 32 heavy (non-hydrogen) atoms. The number of benzene rings is 2. The fraction of sp³-hybridized carbons (Fsp3) is 0.391. The summed E-state index contributed by atoms with van der Waals surface area (Å²) in [6.45, 7) is 5.79. The number of hydrogen-bond donors (Lipinski definition) is 1. The molecule has 2 atom stereocenters. The molecule has 4 rings (SSSR count). The van der Waals surface area contributed by atoms with E-state index in [1.165, 1.54) is 11.0 Å². The predicted octanol–water partition coefficient (Wildman–Crippen LogP) is 3.84. The lowest BCUT2D eigenvalue weighted by atomic mass is 10.00. The van der Waals surface area contributed by atoms with Gasteiger partial charge in [0.05, 0.1) is 5.69 Å². The van der Waals surface area contributed by atoms with Crippen molar-refractivity contribution in [2.45, 2.75) is 38.9 Å². The fourth-order valence-corrected chi connectivity index (χ4v) is 4.41. The highest BCUT2D eigenvalue weighted by Crippen LogP contribution is 2.31. The number of rotatable bonds is 6. The zero-order valence-corrected chi connectivity index (χ0v) is 18.9. The van der Waals surface area contributed by atoms with Gasteiger partial charge < -0.3 is 5.32 Å². The van der Waals surface area contributed by atoms with Crippen LogP contribution >= 0.6 is 11.6 Å². The van der Waals surface area contributed by atoms with E-state index in [0.29, 0.717) is 35.8 Å². The van der Waals surface area contributed by atoms with Crippen LogP contribution in [0.4, 0.5) is 4.39 Å². The third-order valence-corrected chi connectivity index (χ3v) is 5.90. The Balaban J connectivity index is 1.59. The molecule has 0 aliphatic carbocycles. The number of likely N-dealkylation sites (tertiary alicyclic amines) is 1. The van der Waals surface area contributed by atoms with Crippen LogP contribution in [0.25, 0.3) is 16.8 Å². The van der Waals surface area contributed by atoms with E-state index < -0.39 is 6.17 Å². The molecule has 3 aromatic rings. The molecule has 0 spiro atoms. The van der Waals surface area contributed by atoms with Crippen LogP contribution in [0, 0.1) is 6.92 Å². The molecule has 0 radical (unpaired) electrons. The molecular formula is C23H26ClFN6O. The van der Waals surface area contributed by atoms with Crippen LogP contribution in [-0.4, -0.2) is 62.9 Å². The summed E-state index contributed by atoms with van der Waals surface area (Å²) in [6, 6.07) is 11.1. The first-order valence-electron chi connectivity index (χ1n) is 10.7. The SMILES string of the molecule is Cc1ccc(-c2cc(C(=O)NC(C)CN3CCCC(F)C3)cc(-n3cnnn3)c2)c(Cl)c1. The van der Waals surface area contributed by atoms with E-state index in [0.717, 1.165) is 29.7 Å². The summed E-state index contributed by atoms with van der Waals surface area (Å²) in [5, 5.41) is 15.0. The molecule has 1 fully saturated rings. The first-order chi connectivity index (χ1) is 15.4. The second-order valence-electron chi connectivity index (χ2n) is 8.38. The van der Waals surface area contributed by atoms with E-state index in [1.54, 1.807) is 6.07 Å². The fourth-order valence-electron chi connectivity index (χ4n) is 4.07. The van der Waals surface area contributed by atoms with Crippen LogP contribution in [-0.2, 0) is 0 Å². The molecule has 1 amide bonds. The number of piperidine rings is 1. The quantitative estimate of drug-likeness (QED) is 0.609. The third kappa shape index (κ3) is 5.31. The lowest BCUT2D eigenvalue weighted by molar-refractivity contribution is 0.0908. The van der Waals surface area contributed by atoms with Crippen LogP contribution in [0.5, 0.6) is 0 Å². The molecule has 2 unspecified atom stereocenters. The molecule has 1 aliphatic heterocycles. The van der Waals surface area contributed by atoms with Gasteiger partial charge >= 0.3 is 0 Å². The number of carbonyl (C=O) groups is 1. The average Bonchev–Trinajstić information content (AvgIpc) is 3.28. The largest absolute Gasteiger partial charge is 0.348 e. The van der Waals surface area contributed by atoms with Crippen LogP contribution in [0.2, 0.25) is 5.02 Å². The Labute approximate surface area is 191 Å². The molecule has 2 heterocycles. The van der Waals surface area contributed by atoms with Crippen molar-refractivity contribution in [3.8, 4) is 16.8 Å². The predicted molar refractivity (Wildman–Crippen MR) is 122 cm³/mol. The van der Waals surface area contributed by atoms with Gasteiger partial charge in [0, 0.05) is 35.3 Å². The summed E-state index contributed by atoms with van der Waals surface area (Å²) in [7, 11) is 0. The Hall–Kier alpha value is -2.84. The third-order valence-electron chi connectivity index (χ3n) is 5.59. The molecule has 0 bridgehead atoms. The highest BCUT2D eigenvalue weighted by molar-refractivity contribution is 6.33. The number of alkyl halides is 1. The lowest BCUT2D eigenvalue weighted by Gasteiger charge is -2.31. The minimum atomic E-state index is -0.790. The number of tetrazole rings is 1. The Morgan fingerprint density at radius 3 is 2.88 bits per heavy atom. The van der Waals surface area contributed by atoms with Crippen molar-refractivity contribution in [1.29, 1.82) is 0 Å². The molecule has 0 saturated carbocycles. The molecule has 2 aromatic carbocycles. The number of amides is 1. The smallest absolute Gasteiger partial charge is 0.251 e. The Kier molecular flexibility index (Phi) is 6.81. The van der Waals surface area contributed by atoms with Crippen molar-refractivity contribution >= 4 is 17.5 Å². The van der Waals surface area contributed by atoms with Gasteiger partial charge in [-0.2, -0.15) is 0 Å². The van der Waals surface area contributed by atoms with Crippen molar-refractivity contribution in [3.05, 3.63) is 58.9 Å². The second-order valence-corrected chi connectivity index (χ2v) is 8.79. The Bertz CT molecular complexity index is 1090. The lowest BCUT2D eigenvalue weighted by Crippen LogP contribution is -2.46. The molecule has 9 heteroatoms. The van der Waals surface area contributed by atoms with Gasteiger partial charge in [-0.1, -0.05) is 23.7 Å². The molecular weight excluding hydrogens is 431 g/mol. The van der Waals surface area contributed by atoms with E-state index in [4.69, 9.17) is 11.6 Å². The van der Waals surface area contributed by atoms with Gasteiger partial charge in [0.15, 0.2) is 0 Å². The minimum Gasteiger partial charge on any atom is -0.348 e. The van der Waals surface area contributed by atoms with E-state index in [9.17, 15) is 9.18 Å². The first kappa shape index (κ1) is 22.4. The molecule has 168 valence electrons. The number of aromatic nitrogens is 4. The number of hydrogen-bond acceptors (Lipinski definition) is 5. The average molecular weight is 457 g/mol. The zero-order chi connectivity index (χ0) is 22.7. The zero-order valence-electron chi connectivity index (χ0n) is 18.1. The summed E-state index contributed by atoms with van der Waals surface area (Å²) in [5.41, 5.74) is 3.78. The maximum absolute atomic E-state index is 13.7. The van der Waals surface area contributed by atoms with Crippen molar-refractivity contribution in [3.63, 3.8) is 0 Å². The normalized spacial score (nSPS) is 17.8. The maximum atomic E-state index is 13.7. The highest BCUT2D eigenvalue weighted by Gasteiger charge is 2.22. The van der Waals surface area contributed by atoms with E-state index >= 15 is 0 Å². The van der Waals surface area contributed by atoms with E-state index in [1.807, 2.05) is 44.2 Å². The summed E-state index contributed by atoms with van der Waals surface area (Å²) >= 11 is 6.49. The van der Waals surface area contributed by atoms with Crippen LogP contribution in [0.3, 0.4) is 0 Å². The molecule has 1 N–H and O–H groups in total. The van der Waals surface area contributed by atoms with Crippen LogP contribution < -0.4 is 5.32 Å². The minimum absolute atomic E-state index is 0.129. The molecule has 7 nitrogen and oxygen atoms in total. The number of carbonyl (C=O) groups excluding carboxylic acids is 1. The van der Waals surface area contributed by atoms with Crippen molar-refractivity contribution < 1.29 is 9.18 Å². The van der Waals surface area contributed by atoms with Crippen molar-refractivity contribution in [2.24, 2.45) is 0 Å². The molecule has 1 aliphatic rings. The highest BCUT2D eigenvalue weighted by atomic mass is 35.5. The topological polar surface area (TPSA) is 75.9 Å². The van der Waals surface area contributed by atoms with Crippen molar-refractivity contribution in [2.75, 3.05) is 19.6 Å². The van der Waals surface area contributed by atoms with Gasteiger partial charge in [-0.3, -0.25) is 9.69 Å². The first-order valence-corrected chi connectivity index (χ1v) is 11.1. The summed E-state index contributed by atoms with van der Waals surface area (Å²) < 4.78 is 15.2.